The molecule has 0 aliphatic carbocycles. The van der Waals surface area contributed by atoms with Crippen molar-refractivity contribution in [2.24, 2.45) is 0 Å². The van der Waals surface area contributed by atoms with Gasteiger partial charge in [-0.2, -0.15) is 0 Å². The Morgan fingerprint density at radius 2 is 2.06 bits per heavy atom. The largest absolute Gasteiger partial charge is 0.496 e. The quantitative estimate of drug-likeness (QED) is 0.673. The van der Waals surface area contributed by atoms with Gasteiger partial charge in [-0.05, 0) is 38.0 Å². The number of aryl methyl sites for hydroxylation is 1. The van der Waals surface area contributed by atoms with Crippen molar-refractivity contribution in [1.82, 2.24) is 5.32 Å². The SMILES string of the molecule is COc1cc(C)ccc1/C(C)=C/C(=O)NC(C)=S. The normalized spacial score (nSPS) is 11.0. The molecule has 4 heteroatoms. The van der Waals surface area contributed by atoms with Crippen LogP contribution in [0.25, 0.3) is 5.57 Å². The molecule has 0 atom stereocenters. The molecule has 0 bridgehead atoms. The van der Waals surface area contributed by atoms with Gasteiger partial charge in [0.05, 0.1) is 12.1 Å². The van der Waals surface area contributed by atoms with Gasteiger partial charge in [-0.3, -0.25) is 4.79 Å². The van der Waals surface area contributed by atoms with Gasteiger partial charge in [0.2, 0.25) is 5.91 Å². The number of benzene rings is 1. The van der Waals surface area contributed by atoms with Crippen molar-refractivity contribution in [1.29, 1.82) is 0 Å². The number of thiocarbonyl (C=S) groups is 1. The van der Waals surface area contributed by atoms with Gasteiger partial charge in [0.25, 0.3) is 0 Å². The third-order valence-electron chi connectivity index (χ3n) is 2.43. The van der Waals surface area contributed by atoms with Gasteiger partial charge in [-0.1, -0.05) is 24.4 Å². The van der Waals surface area contributed by atoms with Gasteiger partial charge < -0.3 is 10.1 Å². The first-order valence-electron chi connectivity index (χ1n) is 5.59. The molecule has 1 amide bonds. The van der Waals surface area contributed by atoms with Gasteiger partial charge in [0.1, 0.15) is 5.75 Å². The Hall–Kier alpha value is -1.68. The number of hydrogen-bond acceptors (Lipinski definition) is 3. The van der Waals surface area contributed by atoms with E-state index in [-0.39, 0.29) is 5.91 Å². The lowest BCUT2D eigenvalue weighted by Crippen LogP contribution is -2.24. The minimum absolute atomic E-state index is 0.220. The summed E-state index contributed by atoms with van der Waals surface area (Å²) < 4.78 is 5.31. The standard InChI is InChI=1S/C14H17NO2S/c1-9-5-6-12(13(7-9)17-4)10(2)8-14(16)15-11(3)18/h5-8H,1-4H3,(H,15,16,18)/b10-8+. The highest BCUT2D eigenvalue weighted by Gasteiger charge is 2.07. The van der Waals surface area contributed by atoms with Crippen LogP contribution in [0.5, 0.6) is 5.75 Å². The van der Waals surface area contributed by atoms with E-state index in [2.05, 4.69) is 5.32 Å². The third kappa shape index (κ3) is 3.96. The fourth-order valence-electron chi connectivity index (χ4n) is 1.61. The van der Waals surface area contributed by atoms with Gasteiger partial charge in [0.15, 0.2) is 0 Å². The molecule has 0 fully saturated rings. The fourth-order valence-corrected chi connectivity index (χ4v) is 1.71. The number of amides is 1. The zero-order valence-corrected chi connectivity index (χ0v) is 11.9. The molecule has 0 aliphatic rings. The topological polar surface area (TPSA) is 38.3 Å². The third-order valence-corrected chi connectivity index (χ3v) is 2.53. The second-order valence-corrected chi connectivity index (χ2v) is 4.69. The summed E-state index contributed by atoms with van der Waals surface area (Å²) in [7, 11) is 1.62. The van der Waals surface area contributed by atoms with E-state index in [1.807, 2.05) is 32.0 Å². The molecule has 0 spiro atoms. The Labute approximate surface area is 113 Å². The number of nitrogens with one attached hydrogen (secondary N) is 1. The van der Waals surface area contributed by atoms with Gasteiger partial charge >= 0.3 is 0 Å². The molecule has 1 aromatic rings. The van der Waals surface area contributed by atoms with E-state index in [9.17, 15) is 4.79 Å². The molecule has 0 aliphatic heterocycles. The van der Waals surface area contributed by atoms with Crippen LogP contribution < -0.4 is 10.1 Å². The van der Waals surface area contributed by atoms with Gasteiger partial charge in [-0.15, -0.1) is 0 Å². The van der Waals surface area contributed by atoms with Crippen LogP contribution in [0.3, 0.4) is 0 Å². The van der Waals surface area contributed by atoms with E-state index in [1.54, 1.807) is 14.0 Å². The Bertz CT molecular complexity index is 507. The number of rotatable bonds is 3. The number of ether oxygens (including phenoxy) is 1. The van der Waals surface area contributed by atoms with Crippen LogP contribution in [-0.4, -0.2) is 18.0 Å². The smallest absolute Gasteiger partial charge is 0.249 e. The molecule has 0 heterocycles. The molecule has 0 saturated carbocycles. The number of allylic oxidation sites excluding steroid dienone is 1. The second-order valence-electron chi connectivity index (χ2n) is 4.08. The Morgan fingerprint density at radius 1 is 1.39 bits per heavy atom. The molecular formula is C14H17NO2S. The van der Waals surface area contributed by atoms with E-state index in [4.69, 9.17) is 17.0 Å². The number of carbonyl (C=O) groups excluding carboxylic acids is 1. The van der Waals surface area contributed by atoms with Gasteiger partial charge in [-0.25, -0.2) is 0 Å². The highest BCUT2D eigenvalue weighted by Crippen LogP contribution is 2.26. The average Bonchev–Trinajstić information content (AvgIpc) is 2.27. The zero-order valence-electron chi connectivity index (χ0n) is 11.0. The maximum atomic E-state index is 11.6. The van der Waals surface area contributed by atoms with E-state index in [0.717, 1.165) is 22.4 Å². The Kier molecular flexibility index (Phi) is 5.04. The van der Waals surface area contributed by atoms with Crippen molar-refractivity contribution >= 4 is 28.7 Å². The lowest BCUT2D eigenvalue weighted by molar-refractivity contribution is -0.115. The zero-order chi connectivity index (χ0) is 13.7. The number of carbonyl (C=O) groups is 1. The Balaban J connectivity index is 3.03. The predicted molar refractivity (Wildman–Crippen MR) is 77.8 cm³/mol. The first-order chi connectivity index (χ1) is 8.43. The van der Waals surface area contributed by atoms with E-state index in [1.165, 1.54) is 6.08 Å². The van der Waals surface area contributed by atoms with Crippen LogP contribution >= 0.6 is 12.2 Å². The van der Waals surface area contributed by atoms with Crippen LogP contribution in [0, 0.1) is 6.92 Å². The summed E-state index contributed by atoms with van der Waals surface area (Å²) in [5.41, 5.74) is 2.85. The lowest BCUT2D eigenvalue weighted by atomic mass is 10.0. The van der Waals surface area contributed by atoms with Crippen LogP contribution in [0.1, 0.15) is 25.0 Å². The van der Waals surface area contributed by atoms with Crippen molar-refractivity contribution in [3.63, 3.8) is 0 Å². The van der Waals surface area contributed by atoms with Gasteiger partial charge in [0, 0.05) is 11.6 Å². The van der Waals surface area contributed by atoms with Crippen molar-refractivity contribution in [2.75, 3.05) is 7.11 Å². The maximum absolute atomic E-state index is 11.6. The van der Waals surface area contributed by atoms with Crippen LogP contribution in [0.2, 0.25) is 0 Å². The monoisotopic (exact) mass is 263 g/mol. The van der Waals surface area contributed by atoms with Crippen molar-refractivity contribution in [2.45, 2.75) is 20.8 Å². The summed E-state index contributed by atoms with van der Waals surface area (Å²) in [6.07, 6.45) is 1.52. The average molecular weight is 263 g/mol. The molecule has 0 saturated heterocycles. The molecule has 18 heavy (non-hydrogen) atoms. The molecule has 1 aromatic carbocycles. The molecule has 3 nitrogen and oxygen atoms in total. The van der Waals surface area contributed by atoms with E-state index in [0.29, 0.717) is 4.99 Å². The number of methoxy groups -OCH3 is 1. The first-order valence-corrected chi connectivity index (χ1v) is 5.99. The Morgan fingerprint density at radius 3 is 2.61 bits per heavy atom. The van der Waals surface area contributed by atoms with Crippen molar-refractivity contribution in [3.8, 4) is 5.75 Å². The molecule has 96 valence electrons. The summed E-state index contributed by atoms with van der Waals surface area (Å²) >= 11 is 4.82. The predicted octanol–water partition coefficient (Wildman–Crippen LogP) is 2.87. The van der Waals surface area contributed by atoms with Crippen LogP contribution in [0.15, 0.2) is 24.3 Å². The van der Waals surface area contributed by atoms with Crippen molar-refractivity contribution in [3.05, 3.63) is 35.4 Å². The second kappa shape index (κ2) is 6.31. The van der Waals surface area contributed by atoms with Crippen LogP contribution in [0.4, 0.5) is 0 Å². The lowest BCUT2D eigenvalue weighted by Gasteiger charge is -2.10. The molecule has 0 unspecified atom stereocenters. The number of hydrogen-bond donors (Lipinski definition) is 1. The van der Waals surface area contributed by atoms with E-state index < -0.39 is 0 Å². The minimum atomic E-state index is -0.220. The summed E-state index contributed by atoms with van der Waals surface area (Å²) in [6.45, 7) is 5.53. The first kappa shape index (κ1) is 14.4. The molecule has 1 rings (SSSR count). The highest BCUT2D eigenvalue weighted by molar-refractivity contribution is 7.80. The fraction of sp³-hybridized carbons (Fsp3) is 0.286. The summed E-state index contributed by atoms with van der Waals surface area (Å²) in [5, 5.41) is 2.57. The molecular weight excluding hydrogens is 246 g/mol. The summed E-state index contributed by atoms with van der Waals surface area (Å²) in [4.78, 5) is 12.0. The summed E-state index contributed by atoms with van der Waals surface area (Å²) in [6, 6.07) is 5.87. The maximum Gasteiger partial charge on any atom is 0.249 e. The summed E-state index contributed by atoms with van der Waals surface area (Å²) in [5.74, 6) is 0.540. The van der Waals surface area contributed by atoms with Crippen molar-refractivity contribution < 1.29 is 9.53 Å². The minimum Gasteiger partial charge on any atom is -0.496 e. The molecule has 0 radical (unpaired) electrons. The van der Waals surface area contributed by atoms with E-state index >= 15 is 0 Å². The molecule has 1 N–H and O–H groups in total. The highest BCUT2D eigenvalue weighted by atomic mass is 32.1. The van der Waals surface area contributed by atoms with Crippen LogP contribution in [-0.2, 0) is 4.79 Å². The molecule has 0 aromatic heterocycles.